The summed E-state index contributed by atoms with van der Waals surface area (Å²) < 4.78 is 0.771. The smallest absolute Gasteiger partial charge is 0.133 e. The van der Waals surface area contributed by atoms with Crippen LogP contribution in [-0.2, 0) is 0 Å². The second kappa shape index (κ2) is 14.7. The van der Waals surface area contributed by atoms with Crippen LogP contribution in [0.15, 0.2) is 0 Å². The van der Waals surface area contributed by atoms with E-state index >= 15 is 0 Å². The summed E-state index contributed by atoms with van der Waals surface area (Å²) in [4.78, 5) is 2.25. The van der Waals surface area contributed by atoms with E-state index in [9.17, 15) is 0 Å². The highest BCUT2D eigenvalue weighted by Gasteiger charge is 2.04. The standard InChI is InChI=1S/C13H27NS2.H2S/c1-3-5-7-9-11-14(13(15)16)12-10-8-6-4-2;/h3-12H2,1-2H3,(H,15,16);1H2. The number of unbranched alkanes of at least 4 members (excludes halogenated alkanes) is 6. The van der Waals surface area contributed by atoms with Gasteiger partial charge in [0.2, 0.25) is 0 Å². The van der Waals surface area contributed by atoms with E-state index in [2.05, 4.69) is 31.4 Å². The molecule has 104 valence electrons. The topological polar surface area (TPSA) is 3.24 Å². The van der Waals surface area contributed by atoms with Gasteiger partial charge < -0.3 is 4.90 Å². The second-order valence-corrected chi connectivity index (χ2v) is 5.50. The Morgan fingerprint density at radius 2 is 1.29 bits per heavy atom. The van der Waals surface area contributed by atoms with Crippen LogP contribution >= 0.6 is 38.3 Å². The highest BCUT2D eigenvalue weighted by atomic mass is 32.1. The Kier molecular flexibility index (Phi) is 17.2. The highest BCUT2D eigenvalue weighted by molar-refractivity contribution is 8.10. The first-order chi connectivity index (χ1) is 7.72. The predicted octanol–water partition coefficient (Wildman–Crippen LogP) is 4.78. The van der Waals surface area contributed by atoms with Crippen LogP contribution in [0, 0.1) is 0 Å². The molecule has 0 bridgehead atoms. The van der Waals surface area contributed by atoms with E-state index in [1.54, 1.807) is 0 Å². The third-order valence-corrected chi connectivity index (χ3v) is 3.37. The van der Waals surface area contributed by atoms with Crippen LogP contribution in [0.5, 0.6) is 0 Å². The normalized spacial score (nSPS) is 9.82. The maximum atomic E-state index is 5.16. The van der Waals surface area contributed by atoms with Gasteiger partial charge in [0.25, 0.3) is 0 Å². The molecule has 0 aromatic rings. The van der Waals surface area contributed by atoms with Crippen molar-refractivity contribution in [3.05, 3.63) is 0 Å². The number of hydrogen-bond donors (Lipinski definition) is 1. The summed E-state index contributed by atoms with van der Waals surface area (Å²) in [6, 6.07) is 0. The molecule has 17 heavy (non-hydrogen) atoms. The second-order valence-electron chi connectivity index (χ2n) is 4.39. The average Bonchev–Trinajstić information content (AvgIpc) is 2.26. The molecule has 0 rings (SSSR count). The summed E-state index contributed by atoms with van der Waals surface area (Å²) in [5, 5.41) is 0. The fourth-order valence-corrected chi connectivity index (χ4v) is 2.14. The van der Waals surface area contributed by atoms with Crippen LogP contribution < -0.4 is 0 Å². The van der Waals surface area contributed by atoms with Crippen molar-refractivity contribution in [3.63, 3.8) is 0 Å². The molecule has 0 fully saturated rings. The van der Waals surface area contributed by atoms with Crippen molar-refractivity contribution in [1.29, 1.82) is 0 Å². The molecule has 0 aromatic heterocycles. The monoisotopic (exact) mass is 295 g/mol. The van der Waals surface area contributed by atoms with Gasteiger partial charge >= 0.3 is 0 Å². The zero-order valence-electron chi connectivity index (χ0n) is 11.4. The predicted molar refractivity (Wildman–Crippen MR) is 91.8 cm³/mol. The van der Waals surface area contributed by atoms with Gasteiger partial charge in [0.1, 0.15) is 4.32 Å². The maximum absolute atomic E-state index is 5.16. The zero-order valence-corrected chi connectivity index (χ0v) is 14.1. The van der Waals surface area contributed by atoms with Crippen LogP contribution in [0.2, 0.25) is 0 Å². The highest BCUT2D eigenvalue weighted by Crippen LogP contribution is 2.07. The minimum Gasteiger partial charge on any atom is -0.358 e. The molecule has 0 amide bonds. The molecule has 0 heterocycles. The maximum Gasteiger partial charge on any atom is 0.133 e. The fraction of sp³-hybridized carbons (Fsp3) is 0.923. The third-order valence-electron chi connectivity index (χ3n) is 2.83. The number of nitrogens with zero attached hydrogens (tertiary/aromatic N) is 1. The van der Waals surface area contributed by atoms with Gasteiger partial charge in [-0.25, -0.2) is 0 Å². The van der Waals surface area contributed by atoms with E-state index in [1.807, 2.05) is 0 Å². The Labute approximate surface area is 126 Å². The van der Waals surface area contributed by atoms with Crippen LogP contribution in [0.3, 0.4) is 0 Å². The molecule has 4 heteroatoms. The molecule has 0 atom stereocenters. The van der Waals surface area contributed by atoms with Crippen molar-refractivity contribution in [2.75, 3.05) is 13.1 Å². The fourth-order valence-electron chi connectivity index (χ4n) is 1.76. The molecule has 0 saturated carbocycles. The molecule has 0 aromatic carbocycles. The lowest BCUT2D eigenvalue weighted by Crippen LogP contribution is -2.28. The Hall–Kier alpha value is 0.590. The molecule has 0 aliphatic heterocycles. The number of hydrogen-bond acceptors (Lipinski definition) is 1. The molecule has 1 nitrogen and oxygen atoms in total. The molecular formula is C13H29NS3. The molecular weight excluding hydrogens is 266 g/mol. The van der Waals surface area contributed by atoms with Crippen LogP contribution in [0.25, 0.3) is 0 Å². The van der Waals surface area contributed by atoms with Crippen LogP contribution in [-0.4, -0.2) is 22.3 Å². The summed E-state index contributed by atoms with van der Waals surface area (Å²) in [7, 11) is 0. The van der Waals surface area contributed by atoms with Gasteiger partial charge in [0.05, 0.1) is 0 Å². The van der Waals surface area contributed by atoms with Gasteiger partial charge in [0, 0.05) is 13.1 Å². The Morgan fingerprint density at radius 3 is 1.59 bits per heavy atom. The lowest BCUT2D eigenvalue weighted by Gasteiger charge is -2.22. The lowest BCUT2D eigenvalue weighted by atomic mass is 10.2. The summed E-state index contributed by atoms with van der Waals surface area (Å²) in [5.74, 6) is 0. The first kappa shape index (κ1) is 19.9. The third kappa shape index (κ3) is 12.8. The molecule has 0 aliphatic carbocycles. The number of thiol groups is 1. The molecule has 0 N–H and O–H groups in total. The minimum atomic E-state index is 0. The first-order valence-corrected chi connectivity index (χ1v) is 7.55. The van der Waals surface area contributed by atoms with E-state index in [4.69, 9.17) is 12.2 Å². The molecule has 0 saturated heterocycles. The first-order valence-electron chi connectivity index (χ1n) is 6.70. The molecule has 0 aliphatic rings. The molecule has 0 spiro atoms. The van der Waals surface area contributed by atoms with Crippen LogP contribution in [0.1, 0.15) is 65.2 Å². The summed E-state index contributed by atoms with van der Waals surface area (Å²) in [6.45, 7) is 6.67. The van der Waals surface area contributed by atoms with Crippen molar-refractivity contribution in [2.24, 2.45) is 0 Å². The largest absolute Gasteiger partial charge is 0.358 e. The summed E-state index contributed by atoms with van der Waals surface area (Å²) >= 11 is 9.46. The zero-order chi connectivity index (χ0) is 12.2. The lowest BCUT2D eigenvalue weighted by molar-refractivity contribution is 0.398. The van der Waals surface area contributed by atoms with Gasteiger partial charge in [-0.3, -0.25) is 0 Å². The van der Waals surface area contributed by atoms with E-state index < -0.39 is 0 Å². The van der Waals surface area contributed by atoms with Gasteiger partial charge in [-0.2, -0.15) is 13.5 Å². The van der Waals surface area contributed by atoms with Gasteiger partial charge in [-0.1, -0.05) is 64.6 Å². The van der Waals surface area contributed by atoms with Crippen LogP contribution in [0.4, 0.5) is 0 Å². The number of thiocarbonyl (C=S) groups is 1. The van der Waals surface area contributed by atoms with E-state index in [1.165, 1.54) is 51.4 Å². The van der Waals surface area contributed by atoms with Crippen molar-refractivity contribution >= 4 is 42.7 Å². The SMILES string of the molecule is CCCCCCN(CCCCCC)C(=S)S.S. The Morgan fingerprint density at radius 1 is 0.882 bits per heavy atom. The Balaban J connectivity index is 0. The summed E-state index contributed by atoms with van der Waals surface area (Å²) in [6.07, 6.45) is 10.4. The van der Waals surface area contributed by atoms with Crippen molar-refractivity contribution < 1.29 is 0 Å². The summed E-state index contributed by atoms with van der Waals surface area (Å²) in [5.41, 5.74) is 0. The van der Waals surface area contributed by atoms with Gasteiger partial charge in [0.15, 0.2) is 0 Å². The van der Waals surface area contributed by atoms with Crippen molar-refractivity contribution in [1.82, 2.24) is 4.90 Å². The van der Waals surface area contributed by atoms with Crippen molar-refractivity contribution in [3.8, 4) is 0 Å². The molecule has 0 unspecified atom stereocenters. The van der Waals surface area contributed by atoms with Gasteiger partial charge in [-0.15, -0.1) is 12.6 Å². The Bertz CT molecular complexity index is 162. The minimum absolute atomic E-state index is 0. The van der Waals surface area contributed by atoms with E-state index in [-0.39, 0.29) is 13.5 Å². The molecule has 0 radical (unpaired) electrons. The quantitative estimate of drug-likeness (QED) is 0.351. The van der Waals surface area contributed by atoms with E-state index in [0.717, 1.165) is 17.4 Å². The van der Waals surface area contributed by atoms with Crippen molar-refractivity contribution in [2.45, 2.75) is 65.2 Å². The average molecular weight is 296 g/mol. The number of rotatable bonds is 10. The van der Waals surface area contributed by atoms with E-state index in [0.29, 0.717) is 0 Å². The van der Waals surface area contributed by atoms with Gasteiger partial charge in [-0.05, 0) is 12.8 Å².